The number of aromatic nitrogens is 1. The van der Waals surface area contributed by atoms with E-state index in [0.717, 1.165) is 24.3 Å². The molecule has 0 saturated carbocycles. The molecule has 2 aromatic rings. The highest BCUT2D eigenvalue weighted by Crippen LogP contribution is 2.36. The summed E-state index contributed by atoms with van der Waals surface area (Å²) in [5.41, 5.74) is -2.60. The number of benzene rings is 1. The monoisotopic (exact) mass is 321 g/mol. The van der Waals surface area contributed by atoms with E-state index in [1.165, 1.54) is 13.2 Å². The molecule has 1 aromatic heterocycles. The minimum atomic E-state index is -4.71. The van der Waals surface area contributed by atoms with Gasteiger partial charge in [-0.15, -0.1) is 0 Å². The van der Waals surface area contributed by atoms with Crippen LogP contribution in [0.3, 0.4) is 0 Å². The van der Waals surface area contributed by atoms with Gasteiger partial charge in [-0.25, -0.2) is 4.98 Å². The molecular formula is C14H9F6NO. The summed E-state index contributed by atoms with van der Waals surface area (Å²) in [5.74, 6) is -0.0488. The van der Waals surface area contributed by atoms with E-state index < -0.39 is 23.6 Å². The molecule has 8 heteroatoms. The Morgan fingerprint density at radius 2 is 1.59 bits per heavy atom. The van der Waals surface area contributed by atoms with E-state index in [-0.39, 0.29) is 17.0 Å². The fourth-order valence-electron chi connectivity index (χ4n) is 1.82. The van der Waals surface area contributed by atoms with Crippen LogP contribution in [0, 0.1) is 0 Å². The zero-order valence-corrected chi connectivity index (χ0v) is 11.1. The Labute approximate surface area is 121 Å². The van der Waals surface area contributed by atoms with Gasteiger partial charge in [0, 0.05) is 5.56 Å². The van der Waals surface area contributed by atoms with Crippen LogP contribution >= 0.6 is 0 Å². The number of alkyl halides is 6. The smallest absolute Gasteiger partial charge is 0.433 e. The van der Waals surface area contributed by atoms with Crippen LogP contribution in [-0.4, -0.2) is 12.1 Å². The number of rotatable bonds is 2. The normalized spacial score (nSPS) is 12.3. The second kappa shape index (κ2) is 5.51. The van der Waals surface area contributed by atoms with Gasteiger partial charge in [0.2, 0.25) is 0 Å². The van der Waals surface area contributed by atoms with Crippen molar-refractivity contribution in [2.75, 3.05) is 7.11 Å². The average Bonchev–Trinajstić information content (AvgIpc) is 2.45. The maximum absolute atomic E-state index is 12.7. The third-order valence-electron chi connectivity index (χ3n) is 2.83. The SMILES string of the molecule is COc1ccc(C(F)(F)F)nc1-c1cccc(C(F)(F)F)c1. The van der Waals surface area contributed by atoms with E-state index in [1.54, 1.807) is 0 Å². The summed E-state index contributed by atoms with van der Waals surface area (Å²) in [7, 11) is 1.20. The third kappa shape index (κ3) is 3.32. The molecule has 22 heavy (non-hydrogen) atoms. The molecule has 0 unspecified atom stereocenters. The van der Waals surface area contributed by atoms with Crippen molar-refractivity contribution in [2.45, 2.75) is 12.4 Å². The molecule has 2 nitrogen and oxygen atoms in total. The topological polar surface area (TPSA) is 22.1 Å². The van der Waals surface area contributed by atoms with Gasteiger partial charge in [0.05, 0.1) is 12.7 Å². The van der Waals surface area contributed by atoms with E-state index in [0.29, 0.717) is 6.07 Å². The first kappa shape index (κ1) is 16.1. The Kier molecular flexibility index (Phi) is 4.04. The van der Waals surface area contributed by atoms with E-state index in [2.05, 4.69) is 4.98 Å². The molecule has 0 aliphatic carbocycles. The van der Waals surface area contributed by atoms with Crippen LogP contribution in [0.2, 0.25) is 0 Å². The quantitative estimate of drug-likeness (QED) is 0.742. The van der Waals surface area contributed by atoms with Crippen LogP contribution in [0.15, 0.2) is 36.4 Å². The number of pyridine rings is 1. The molecule has 118 valence electrons. The van der Waals surface area contributed by atoms with Crippen molar-refractivity contribution >= 4 is 0 Å². The lowest BCUT2D eigenvalue weighted by molar-refractivity contribution is -0.141. The molecule has 0 atom stereocenters. The molecule has 0 aliphatic heterocycles. The van der Waals surface area contributed by atoms with Crippen LogP contribution in [0.25, 0.3) is 11.3 Å². The number of hydrogen-bond donors (Lipinski definition) is 0. The average molecular weight is 321 g/mol. The lowest BCUT2D eigenvalue weighted by atomic mass is 10.1. The summed E-state index contributed by atoms with van der Waals surface area (Å²) in [6.45, 7) is 0. The number of nitrogens with zero attached hydrogens (tertiary/aromatic N) is 1. The van der Waals surface area contributed by atoms with Gasteiger partial charge >= 0.3 is 12.4 Å². The molecule has 0 fully saturated rings. The molecule has 0 amide bonds. The van der Waals surface area contributed by atoms with Crippen LogP contribution in [0.4, 0.5) is 26.3 Å². The van der Waals surface area contributed by atoms with Crippen LogP contribution in [-0.2, 0) is 12.4 Å². The van der Waals surface area contributed by atoms with Gasteiger partial charge in [0.15, 0.2) is 0 Å². The maximum atomic E-state index is 12.7. The summed E-state index contributed by atoms with van der Waals surface area (Å²) in [6, 6.07) is 5.61. The fraction of sp³-hybridized carbons (Fsp3) is 0.214. The molecule has 1 aromatic carbocycles. The van der Waals surface area contributed by atoms with Crippen molar-refractivity contribution in [1.82, 2.24) is 4.98 Å². The first-order chi connectivity index (χ1) is 10.1. The minimum absolute atomic E-state index is 0.0488. The predicted molar refractivity (Wildman–Crippen MR) is 66.2 cm³/mol. The molecule has 0 radical (unpaired) electrons. The molecule has 0 aliphatic rings. The Morgan fingerprint density at radius 3 is 2.14 bits per heavy atom. The van der Waals surface area contributed by atoms with Crippen molar-refractivity contribution in [2.24, 2.45) is 0 Å². The van der Waals surface area contributed by atoms with Gasteiger partial charge in [-0.1, -0.05) is 12.1 Å². The molecule has 0 bridgehead atoms. The first-order valence-corrected chi connectivity index (χ1v) is 5.93. The summed E-state index contributed by atoms with van der Waals surface area (Å²) in [6.07, 6.45) is -9.31. The van der Waals surface area contributed by atoms with E-state index in [9.17, 15) is 26.3 Å². The van der Waals surface area contributed by atoms with Crippen LogP contribution < -0.4 is 4.74 Å². The maximum Gasteiger partial charge on any atom is 0.433 e. The number of hydrogen-bond acceptors (Lipinski definition) is 2. The highest BCUT2D eigenvalue weighted by atomic mass is 19.4. The van der Waals surface area contributed by atoms with Gasteiger partial charge in [-0.05, 0) is 24.3 Å². The van der Waals surface area contributed by atoms with Gasteiger partial charge in [-0.3, -0.25) is 0 Å². The molecule has 0 N–H and O–H groups in total. The first-order valence-electron chi connectivity index (χ1n) is 5.93. The number of methoxy groups -OCH3 is 1. The largest absolute Gasteiger partial charge is 0.494 e. The lowest BCUT2D eigenvalue weighted by Gasteiger charge is -2.13. The van der Waals surface area contributed by atoms with E-state index in [1.807, 2.05) is 0 Å². The summed E-state index contributed by atoms with van der Waals surface area (Å²) < 4.78 is 81.1. The second-order valence-electron chi connectivity index (χ2n) is 4.32. The Balaban J connectivity index is 2.60. The minimum Gasteiger partial charge on any atom is -0.494 e. The van der Waals surface area contributed by atoms with Gasteiger partial charge in [-0.2, -0.15) is 26.3 Å². The summed E-state index contributed by atoms with van der Waals surface area (Å²) in [4.78, 5) is 3.39. The fourth-order valence-corrected chi connectivity index (χ4v) is 1.82. The Hall–Kier alpha value is -2.25. The van der Waals surface area contributed by atoms with Crippen molar-refractivity contribution in [1.29, 1.82) is 0 Å². The van der Waals surface area contributed by atoms with Crippen molar-refractivity contribution < 1.29 is 31.1 Å². The number of ether oxygens (including phenoxy) is 1. The van der Waals surface area contributed by atoms with Crippen LogP contribution in [0.5, 0.6) is 5.75 Å². The second-order valence-corrected chi connectivity index (χ2v) is 4.32. The van der Waals surface area contributed by atoms with Crippen molar-refractivity contribution in [3.05, 3.63) is 47.7 Å². The lowest BCUT2D eigenvalue weighted by Crippen LogP contribution is -2.09. The zero-order valence-electron chi connectivity index (χ0n) is 11.1. The van der Waals surface area contributed by atoms with Crippen molar-refractivity contribution in [3.63, 3.8) is 0 Å². The molecular weight excluding hydrogens is 312 g/mol. The Bertz CT molecular complexity index is 678. The number of halogens is 6. The van der Waals surface area contributed by atoms with E-state index in [4.69, 9.17) is 4.74 Å². The molecule has 0 spiro atoms. The van der Waals surface area contributed by atoms with E-state index >= 15 is 0 Å². The van der Waals surface area contributed by atoms with Crippen molar-refractivity contribution in [3.8, 4) is 17.0 Å². The standard InChI is InChI=1S/C14H9F6NO/c1-22-10-5-6-11(14(18,19)20)21-12(10)8-3-2-4-9(7-8)13(15,16)17/h2-7H,1H3. The highest BCUT2D eigenvalue weighted by molar-refractivity contribution is 5.67. The van der Waals surface area contributed by atoms with Gasteiger partial charge in [0.25, 0.3) is 0 Å². The van der Waals surface area contributed by atoms with Crippen LogP contribution in [0.1, 0.15) is 11.3 Å². The molecule has 2 rings (SSSR count). The zero-order chi connectivity index (χ0) is 16.5. The summed E-state index contributed by atoms with van der Waals surface area (Å²) >= 11 is 0. The molecule has 0 saturated heterocycles. The molecule has 1 heterocycles. The third-order valence-corrected chi connectivity index (χ3v) is 2.83. The summed E-state index contributed by atoms with van der Waals surface area (Å²) in [5, 5.41) is 0. The predicted octanol–water partition coefficient (Wildman–Crippen LogP) is 4.79. The van der Waals surface area contributed by atoms with Gasteiger partial charge < -0.3 is 4.74 Å². The Morgan fingerprint density at radius 1 is 0.909 bits per heavy atom. The highest BCUT2D eigenvalue weighted by Gasteiger charge is 2.34. The van der Waals surface area contributed by atoms with Gasteiger partial charge in [0.1, 0.15) is 17.1 Å².